The molecule has 1 aromatic rings. The summed E-state index contributed by atoms with van der Waals surface area (Å²) in [5.74, 6) is 0. The molecule has 0 saturated carbocycles. The number of hydrogen-bond acceptors (Lipinski definition) is 2. The maximum atomic E-state index is 7.50. The smallest absolute Gasteiger partial charge is 0 e. The van der Waals surface area contributed by atoms with Crippen molar-refractivity contribution in [3.63, 3.8) is 0 Å². The second-order valence-corrected chi connectivity index (χ2v) is 1.29. The number of pyridine rings is 1. The van der Waals surface area contributed by atoms with Gasteiger partial charge in [0.15, 0.2) is 0 Å². The van der Waals surface area contributed by atoms with E-state index in [9.17, 15) is 0 Å². The van der Waals surface area contributed by atoms with E-state index in [0.29, 0.717) is 5.69 Å². The Morgan fingerprint density at radius 2 is 1.17 bits per heavy atom. The zero-order valence-corrected chi connectivity index (χ0v) is 11.7. The maximum Gasteiger partial charge on any atom is 0 e. The van der Waals surface area contributed by atoms with Crippen LogP contribution in [0.5, 0.6) is 0 Å². The molecule has 0 saturated heterocycles. The summed E-state index contributed by atoms with van der Waals surface area (Å²) in [6.45, 7) is 22.5. The minimum absolute atomic E-state index is 0. The molecule has 0 spiro atoms. The number of hydrogen-bond donors (Lipinski definition) is 1. The van der Waals surface area contributed by atoms with E-state index in [2.05, 4.69) is 38.2 Å². The first-order valence-corrected chi connectivity index (χ1v) is 3.07. The number of nitrogens with two attached hydrogens (primary N) is 1. The topological polar surface area (TPSA) is 138 Å². The number of nitrogens with zero attached hydrogens (tertiary/aromatic N) is 1. The average molecular weight is 418 g/mol. The van der Waals surface area contributed by atoms with Crippen LogP contribution in [-0.4, -0.2) is 4.98 Å². The minimum Gasteiger partial charge on any atom is 0 e. The SMILES string of the molecule is Nc1cccnc1.[C-]#[O+].[C-]#[O+].[C-]#[O+].[C-]#[O+].[C-]#[O+].[W]. The monoisotopic (exact) mass is 418 g/mol. The second kappa shape index (κ2) is 78.5. The molecule has 1 heterocycles. The molecule has 0 aromatic carbocycles. The molecule has 0 amide bonds. The summed E-state index contributed by atoms with van der Waals surface area (Å²) in [5, 5.41) is 0. The molecule has 1 rings (SSSR count). The molecule has 8 heteroatoms. The average Bonchev–Trinajstić information content (AvgIpc) is 2.50. The second-order valence-electron chi connectivity index (χ2n) is 1.29. The van der Waals surface area contributed by atoms with Crippen LogP contribution < -0.4 is 5.73 Å². The molecule has 0 aliphatic heterocycles. The molecule has 0 aliphatic carbocycles. The van der Waals surface area contributed by atoms with Crippen LogP contribution in [0.3, 0.4) is 0 Å². The van der Waals surface area contributed by atoms with Gasteiger partial charge in [-0.25, -0.2) is 0 Å². The molecule has 1 aromatic heterocycles. The molecule has 0 radical (unpaired) electrons. The van der Waals surface area contributed by atoms with Crippen molar-refractivity contribution in [2.24, 2.45) is 0 Å². The van der Waals surface area contributed by atoms with Crippen molar-refractivity contribution in [3.8, 4) is 0 Å². The van der Waals surface area contributed by atoms with Crippen LogP contribution in [0, 0.1) is 33.3 Å². The Hall–Kier alpha value is -1.66. The number of anilines is 1. The van der Waals surface area contributed by atoms with Crippen molar-refractivity contribution in [1.29, 1.82) is 0 Å². The summed E-state index contributed by atoms with van der Waals surface area (Å²) < 4.78 is 37.5. The largest absolute Gasteiger partial charge is 0 e. The fourth-order valence-electron chi connectivity index (χ4n) is 0.376. The summed E-state index contributed by atoms with van der Waals surface area (Å²) in [5.41, 5.74) is 6.01. The fraction of sp³-hybridized carbons (Fsp3) is 0. The predicted molar refractivity (Wildman–Crippen MR) is 48.3 cm³/mol. The van der Waals surface area contributed by atoms with Gasteiger partial charge in [0, 0.05) is 33.5 Å². The summed E-state index contributed by atoms with van der Waals surface area (Å²) >= 11 is 0. The third kappa shape index (κ3) is 63.5. The molecular formula is C10H6N2O5W. The van der Waals surface area contributed by atoms with Crippen LogP contribution >= 0.6 is 0 Å². The summed E-state index contributed by atoms with van der Waals surface area (Å²) in [6.07, 6.45) is 3.30. The quantitative estimate of drug-likeness (QED) is 0.484. The molecule has 0 unspecified atom stereocenters. The third-order valence-corrected chi connectivity index (χ3v) is 0.684. The van der Waals surface area contributed by atoms with Crippen molar-refractivity contribution in [2.45, 2.75) is 0 Å². The third-order valence-electron chi connectivity index (χ3n) is 0.684. The molecular weight excluding hydrogens is 412 g/mol. The van der Waals surface area contributed by atoms with E-state index in [1.165, 1.54) is 0 Å². The Morgan fingerprint density at radius 3 is 1.28 bits per heavy atom. The van der Waals surface area contributed by atoms with E-state index in [-0.39, 0.29) is 21.1 Å². The van der Waals surface area contributed by atoms with Crippen molar-refractivity contribution in [2.75, 3.05) is 5.73 Å². The zero-order valence-electron chi connectivity index (χ0n) is 8.78. The predicted octanol–water partition coefficient (Wildman–Crippen LogP) is 0.474. The normalized spacial score (nSPS) is 3.89. The van der Waals surface area contributed by atoms with Crippen LogP contribution in [0.2, 0.25) is 0 Å². The van der Waals surface area contributed by atoms with E-state index in [1.807, 2.05) is 0 Å². The summed E-state index contributed by atoms with van der Waals surface area (Å²) in [4.78, 5) is 3.76. The molecule has 0 fully saturated rings. The van der Waals surface area contributed by atoms with Crippen molar-refractivity contribution >= 4 is 5.69 Å². The van der Waals surface area contributed by atoms with Gasteiger partial charge in [-0.3, -0.25) is 4.98 Å². The molecule has 0 atom stereocenters. The van der Waals surface area contributed by atoms with Gasteiger partial charge in [-0.2, -0.15) is 0 Å². The molecule has 92 valence electrons. The van der Waals surface area contributed by atoms with Gasteiger partial charge >= 0.3 is 56.5 Å². The van der Waals surface area contributed by atoms with E-state index in [4.69, 9.17) is 29.0 Å². The fourth-order valence-corrected chi connectivity index (χ4v) is 0.376. The van der Waals surface area contributed by atoms with Crippen LogP contribution in [0.25, 0.3) is 0 Å². The number of aromatic nitrogens is 1. The first-order valence-electron chi connectivity index (χ1n) is 3.07. The van der Waals surface area contributed by atoms with E-state index in [0.717, 1.165) is 0 Å². The zero-order chi connectivity index (χ0) is 15.1. The Labute approximate surface area is 119 Å². The molecule has 2 N–H and O–H groups in total. The van der Waals surface area contributed by atoms with Crippen LogP contribution in [-0.2, 0) is 44.3 Å². The van der Waals surface area contributed by atoms with Gasteiger partial charge in [0.05, 0.1) is 5.69 Å². The Kier molecular flexibility index (Phi) is 157. The van der Waals surface area contributed by atoms with Gasteiger partial charge in [-0.1, -0.05) is 0 Å². The van der Waals surface area contributed by atoms with Crippen molar-refractivity contribution < 1.29 is 44.3 Å². The van der Waals surface area contributed by atoms with Gasteiger partial charge in [-0.15, -0.1) is 0 Å². The van der Waals surface area contributed by atoms with Gasteiger partial charge in [-0.05, 0) is 12.1 Å². The van der Waals surface area contributed by atoms with Gasteiger partial charge in [0.25, 0.3) is 0 Å². The van der Waals surface area contributed by atoms with Crippen molar-refractivity contribution in [3.05, 3.63) is 57.8 Å². The Bertz CT molecular complexity index is 284. The van der Waals surface area contributed by atoms with E-state index < -0.39 is 0 Å². The number of nitrogen functional groups attached to an aromatic ring is 1. The van der Waals surface area contributed by atoms with Crippen LogP contribution in [0.15, 0.2) is 24.5 Å². The van der Waals surface area contributed by atoms with Gasteiger partial charge in [0.1, 0.15) is 0 Å². The molecule has 0 aliphatic rings. The van der Waals surface area contributed by atoms with Crippen LogP contribution in [0.1, 0.15) is 0 Å². The standard InChI is InChI=1S/C5H6N2.5CO.W/c6-5-2-1-3-7-4-5;5*1-2;/h1-4H,6H2;;;;;;. The Morgan fingerprint density at radius 1 is 0.833 bits per heavy atom. The maximum absolute atomic E-state index is 7.50. The van der Waals surface area contributed by atoms with E-state index >= 15 is 0 Å². The molecule has 18 heavy (non-hydrogen) atoms. The Balaban J connectivity index is -0.0000000285. The van der Waals surface area contributed by atoms with E-state index in [1.54, 1.807) is 24.5 Å². The van der Waals surface area contributed by atoms with Gasteiger partial charge in [0.2, 0.25) is 0 Å². The first kappa shape index (κ1) is 36.0. The summed E-state index contributed by atoms with van der Waals surface area (Å²) in [6, 6.07) is 3.60. The molecule has 7 nitrogen and oxygen atoms in total. The number of rotatable bonds is 0. The summed E-state index contributed by atoms with van der Waals surface area (Å²) in [7, 11) is 0. The molecule has 0 bridgehead atoms. The van der Waals surface area contributed by atoms with Crippen molar-refractivity contribution in [1.82, 2.24) is 4.98 Å². The van der Waals surface area contributed by atoms with Crippen LogP contribution in [0.4, 0.5) is 5.69 Å². The first-order chi connectivity index (χ1) is 8.39. The van der Waals surface area contributed by atoms with Gasteiger partial charge < -0.3 is 5.73 Å². The minimum atomic E-state index is 0.